The fraction of sp³-hybridized carbons (Fsp3) is 0.310. The van der Waals surface area contributed by atoms with Crippen molar-refractivity contribution in [3.8, 4) is 28.4 Å². The number of hydrogen-bond donors (Lipinski definition) is 0. The maximum atomic E-state index is 14.8. The Labute approximate surface area is 222 Å². The van der Waals surface area contributed by atoms with E-state index < -0.39 is 17.8 Å². The zero-order valence-corrected chi connectivity index (χ0v) is 22.0. The largest absolute Gasteiger partial charge is 0.490 e. The summed E-state index contributed by atoms with van der Waals surface area (Å²) in [7, 11) is 0. The molecule has 0 saturated heterocycles. The van der Waals surface area contributed by atoms with Gasteiger partial charge in [0.05, 0.1) is 6.61 Å². The lowest BCUT2D eigenvalue weighted by Gasteiger charge is -2.15. The number of rotatable bonds is 16. The molecule has 8 nitrogen and oxygen atoms in total. The van der Waals surface area contributed by atoms with Gasteiger partial charge in [0.25, 0.3) is 0 Å². The summed E-state index contributed by atoms with van der Waals surface area (Å²) < 4.78 is 47.0. The Hall–Kier alpha value is -4.11. The Morgan fingerprint density at radius 2 is 1.39 bits per heavy atom. The van der Waals surface area contributed by atoms with Crippen LogP contribution in [0.25, 0.3) is 11.1 Å². The fourth-order valence-electron chi connectivity index (χ4n) is 2.88. The zero-order valence-electron chi connectivity index (χ0n) is 22.0. The molecule has 0 aliphatic heterocycles. The lowest BCUT2D eigenvalue weighted by atomic mass is 10.0. The molecule has 204 valence electrons. The molecule has 0 unspecified atom stereocenters. The summed E-state index contributed by atoms with van der Waals surface area (Å²) in [5, 5.41) is 0. The molecule has 0 aliphatic carbocycles. The molecule has 2 aromatic carbocycles. The fourth-order valence-corrected chi connectivity index (χ4v) is 2.88. The molecule has 2 rings (SSSR count). The SMILES string of the molecule is C=C(C)COCOc1ccc(-c2ccc(OCCOC(=O)C(=C)C)cc2OCCOC(=O)C(=C)C)cc1F. The second-order valence-corrected chi connectivity index (χ2v) is 8.40. The van der Waals surface area contributed by atoms with Crippen LogP contribution in [0.2, 0.25) is 0 Å². The minimum atomic E-state index is -0.581. The minimum Gasteiger partial charge on any atom is -0.490 e. The topological polar surface area (TPSA) is 89.5 Å². The third-order valence-corrected chi connectivity index (χ3v) is 4.70. The van der Waals surface area contributed by atoms with E-state index in [1.54, 1.807) is 38.1 Å². The number of benzene rings is 2. The summed E-state index contributed by atoms with van der Waals surface area (Å²) >= 11 is 0. The Kier molecular flexibility index (Phi) is 12.1. The summed E-state index contributed by atoms with van der Waals surface area (Å²) in [4.78, 5) is 23.1. The van der Waals surface area contributed by atoms with E-state index in [-0.39, 0.29) is 44.5 Å². The number of carbonyl (C=O) groups is 2. The smallest absolute Gasteiger partial charge is 0.333 e. The van der Waals surface area contributed by atoms with Gasteiger partial charge in [-0.1, -0.05) is 31.4 Å². The van der Waals surface area contributed by atoms with Crippen molar-refractivity contribution in [2.45, 2.75) is 20.8 Å². The van der Waals surface area contributed by atoms with Crippen LogP contribution in [0.5, 0.6) is 17.2 Å². The Bertz CT molecular complexity index is 1170. The van der Waals surface area contributed by atoms with E-state index in [4.69, 9.17) is 28.4 Å². The third-order valence-electron chi connectivity index (χ3n) is 4.70. The van der Waals surface area contributed by atoms with Crippen LogP contribution in [0.15, 0.2) is 72.9 Å². The van der Waals surface area contributed by atoms with Crippen LogP contribution in [0.1, 0.15) is 20.8 Å². The van der Waals surface area contributed by atoms with E-state index in [1.807, 2.05) is 6.92 Å². The number of hydrogen-bond acceptors (Lipinski definition) is 8. The lowest BCUT2D eigenvalue weighted by molar-refractivity contribution is -0.140. The van der Waals surface area contributed by atoms with E-state index in [1.165, 1.54) is 12.1 Å². The summed E-state index contributed by atoms with van der Waals surface area (Å²) in [5.41, 5.74) is 2.48. The average Bonchev–Trinajstić information content (AvgIpc) is 2.87. The van der Waals surface area contributed by atoms with Crippen molar-refractivity contribution < 1.29 is 42.4 Å². The van der Waals surface area contributed by atoms with E-state index in [9.17, 15) is 14.0 Å². The normalized spacial score (nSPS) is 10.3. The Morgan fingerprint density at radius 3 is 1.97 bits per heavy atom. The summed E-state index contributed by atoms with van der Waals surface area (Å²) in [6, 6.07) is 9.48. The molecule has 0 N–H and O–H groups in total. The zero-order chi connectivity index (χ0) is 28.1. The first-order chi connectivity index (χ1) is 18.1. The van der Waals surface area contributed by atoms with Crippen molar-refractivity contribution in [1.29, 1.82) is 0 Å². The first-order valence-electron chi connectivity index (χ1n) is 11.8. The van der Waals surface area contributed by atoms with Gasteiger partial charge in [-0.2, -0.15) is 0 Å². The average molecular weight is 529 g/mol. The van der Waals surface area contributed by atoms with Crippen LogP contribution >= 0.6 is 0 Å². The molecule has 38 heavy (non-hydrogen) atoms. The van der Waals surface area contributed by atoms with Crippen LogP contribution in [-0.4, -0.2) is 51.8 Å². The molecule has 9 heteroatoms. The monoisotopic (exact) mass is 528 g/mol. The summed E-state index contributed by atoms with van der Waals surface area (Å²) in [6.07, 6.45) is 0. The van der Waals surface area contributed by atoms with Crippen molar-refractivity contribution in [3.63, 3.8) is 0 Å². The van der Waals surface area contributed by atoms with Crippen LogP contribution in [0.4, 0.5) is 4.39 Å². The van der Waals surface area contributed by atoms with Crippen molar-refractivity contribution in [2.75, 3.05) is 39.8 Å². The molecular formula is C29H33FO8. The minimum absolute atomic E-state index is 0.0155. The number of ether oxygens (including phenoxy) is 6. The van der Waals surface area contributed by atoms with Gasteiger partial charge in [0.1, 0.15) is 37.9 Å². The van der Waals surface area contributed by atoms with Crippen LogP contribution in [0, 0.1) is 5.82 Å². The molecule has 0 amide bonds. The predicted octanol–water partition coefficient (Wildman–Crippen LogP) is 5.42. The molecule has 0 radical (unpaired) electrons. The van der Waals surface area contributed by atoms with Gasteiger partial charge < -0.3 is 28.4 Å². The second kappa shape index (κ2) is 15.2. The number of carbonyl (C=O) groups excluding carboxylic acids is 2. The quantitative estimate of drug-likeness (QED) is 0.0939. The van der Waals surface area contributed by atoms with E-state index in [2.05, 4.69) is 19.7 Å². The first-order valence-corrected chi connectivity index (χ1v) is 11.8. The molecule has 0 heterocycles. The van der Waals surface area contributed by atoms with Crippen LogP contribution in [-0.2, 0) is 23.8 Å². The van der Waals surface area contributed by atoms with Gasteiger partial charge in [0.2, 0.25) is 0 Å². The van der Waals surface area contributed by atoms with E-state index in [0.29, 0.717) is 34.8 Å². The maximum Gasteiger partial charge on any atom is 0.333 e. The molecule has 0 fully saturated rings. The van der Waals surface area contributed by atoms with Gasteiger partial charge in [-0.15, -0.1) is 0 Å². The molecular weight excluding hydrogens is 495 g/mol. The molecule has 0 spiro atoms. The maximum absolute atomic E-state index is 14.8. The first kappa shape index (κ1) is 30.1. The summed E-state index contributed by atoms with van der Waals surface area (Å²) in [6.45, 7) is 16.0. The second-order valence-electron chi connectivity index (χ2n) is 8.40. The van der Waals surface area contributed by atoms with Gasteiger partial charge in [0.15, 0.2) is 18.4 Å². The number of halogens is 1. The van der Waals surface area contributed by atoms with Crippen molar-refractivity contribution >= 4 is 11.9 Å². The highest BCUT2D eigenvalue weighted by Gasteiger charge is 2.13. The highest BCUT2D eigenvalue weighted by atomic mass is 19.1. The highest BCUT2D eigenvalue weighted by molar-refractivity contribution is 5.87. The van der Waals surface area contributed by atoms with Crippen LogP contribution < -0.4 is 14.2 Å². The molecule has 2 aromatic rings. The number of esters is 2. The van der Waals surface area contributed by atoms with Gasteiger partial charge in [-0.3, -0.25) is 0 Å². The molecule has 0 aromatic heterocycles. The highest BCUT2D eigenvalue weighted by Crippen LogP contribution is 2.35. The van der Waals surface area contributed by atoms with Crippen LogP contribution in [0.3, 0.4) is 0 Å². The van der Waals surface area contributed by atoms with Crippen molar-refractivity contribution in [2.24, 2.45) is 0 Å². The van der Waals surface area contributed by atoms with Crippen molar-refractivity contribution in [3.05, 3.63) is 78.7 Å². The van der Waals surface area contributed by atoms with Gasteiger partial charge in [0, 0.05) is 22.8 Å². The lowest BCUT2D eigenvalue weighted by Crippen LogP contribution is -2.13. The van der Waals surface area contributed by atoms with Gasteiger partial charge in [-0.05, 0) is 50.6 Å². The third kappa shape index (κ3) is 10.1. The summed E-state index contributed by atoms with van der Waals surface area (Å²) in [5.74, 6) is -0.777. The molecule has 0 atom stereocenters. The standard InChI is InChI=1S/C29H33FO8/c1-19(2)17-33-18-38-26-10-7-22(15-25(26)30)24-9-8-23(34-11-13-36-28(31)20(3)4)16-27(24)35-12-14-37-29(32)21(5)6/h7-10,15-16H,1,3,5,11-14,17-18H2,2,4,6H3. The van der Waals surface area contributed by atoms with E-state index >= 15 is 0 Å². The molecule has 0 aliphatic rings. The Morgan fingerprint density at radius 1 is 0.763 bits per heavy atom. The molecule has 0 saturated carbocycles. The molecule has 0 bridgehead atoms. The van der Waals surface area contributed by atoms with Crippen molar-refractivity contribution in [1.82, 2.24) is 0 Å². The Balaban J connectivity index is 2.14. The van der Waals surface area contributed by atoms with E-state index in [0.717, 1.165) is 5.57 Å². The van der Waals surface area contributed by atoms with Gasteiger partial charge in [-0.25, -0.2) is 14.0 Å². The predicted molar refractivity (Wildman–Crippen MR) is 141 cm³/mol. The van der Waals surface area contributed by atoms with Gasteiger partial charge >= 0.3 is 11.9 Å².